The number of nitrogens with zero attached hydrogens (tertiary/aromatic N) is 1. The van der Waals surface area contributed by atoms with Gasteiger partial charge in [0.2, 0.25) is 5.91 Å². The molecule has 1 unspecified atom stereocenters. The summed E-state index contributed by atoms with van der Waals surface area (Å²) in [5, 5.41) is 0. The fraction of sp³-hybridized carbons (Fsp3) is 0.462. The van der Waals surface area contributed by atoms with Gasteiger partial charge in [0.1, 0.15) is 0 Å². The third-order valence-electron chi connectivity index (χ3n) is 2.59. The van der Waals surface area contributed by atoms with Crippen molar-refractivity contribution in [2.24, 2.45) is 5.73 Å². The van der Waals surface area contributed by atoms with Gasteiger partial charge in [-0.2, -0.15) is 0 Å². The Bertz CT molecular complexity index is 361. The molecule has 3 heteroatoms. The van der Waals surface area contributed by atoms with Crippen LogP contribution in [0.1, 0.15) is 24.5 Å². The van der Waals surface area contributed by atoms with Crippen LogP contribution < -0.4 is 5.73 Å². The first kappa shape index (κ1) is 12.7. The van der Waals surface area contributed by atoms with Crippen molar-refractivity contribution in [3.63, 3.8) is 0 Å². The fourth-order valence-electron chi connectivity index (χ4n) is 1.56. The molecule has 16 heavy (non-hydrogen) atoms. The van der Waals surface area contributed by atoms with E-state index >= 15 is 0 Å². The lowest BCUT2D eigenvalue weighted by molar-refractivity contribution is -0.130. The standard InChI is InChI=1S/C13H20N2O/c1-10-6-4-5-7-12(10)9-15(3)13(16)8-11(2)14/h4-7,11H,8-9,14H2,1-3H3. The van der Waals surface area contributed by atoms with E-state index in [4.69, 9.17) is 5.73 Å². The second-order valence-electron chi connectivity index (χ2n) is 4.36. The topological polar surface area (TPSA) is 46.3 Å². The highest BCUT2D eigenvalue weighted by molar-refractivity contribution is 5.76. The summed E-state index contributed by atoms with van der Waals surface area (Å²) in [7, 11) is 1.82. The molecule has 1 rings (SSSR count). The molecule has 0 aliphatic carbocycles. The first-order valence-electron chi connectivity index (χ1n) is 5.54. The van der Waals surface area contributed by atoms with Crippen LogP contribution in [0.3, 0.4) is 0 Å². The number of aryl methyl sites for hydroxylation is 1. The van der Waals surface area contributed by atoms with Crippen LogP contribution in [-0.2, 0) is 11.3 Å². The number of amides is 1. The van der Waals surface area contributed by atoms with Gasteiger partial charge in [-0.05, 0) is 25.0 Å². The summed E-state index contributed by atoms with van der Waals surface area (Å²) in [6, 6.07) is 8.02. The maximum Gasteiger partial charge on any atom is 0.224 e. The fourth-order valence-corrected chi connectivity index (χ4v) is 1.56. The molecule has 0 heterocycles. The number of rotatable bonds is 4. The van der Waals surface area contributed by atoms with Gasteiger partial charge in [0.15, 0.2) is 0 Å². The van der Waals surface area contributed by atoms with Crippen LogP contribution in [0.4, 0.5) is 0 Å². The van der Waals surface area contributed by atoms with Gasteiger partial charge in [-0.15, -0.1) is 0 Å². The van der Waals surface area contributed by atoms with E-state index in [0.717, 1.165) is 0 Å². The van der Waals surface area contributed by atoms with E-state index in [1.54, 1.807) is 4.90 Å². The highest BCUT2D eigenvalue weighted by atomic mass is 16.2. The molecule has 88 valence electrons. The van der Waals surface area contributed by atoms with E-state index in [9.17, 15) is 4.79 Å². The van der Waals surface area contributed by atoms with E-state index in [-0.39, 0.29) is 11.9 Å². The zero-order valence-corrected chi connectivity index (χ0v) is 10.2. The molecule has 0 bridgehead atoms. The lowest BCUT2D eigenvalue weighted by atomic mass is 10.1. The minimum Gasteiger partial charge on any atom is -0.341 e. The number of hydrogen-bond acceptors (Lipinski definition) is 2. The van der Waals surface area contributed by atoms with Crippen LogP contribution in [0.25, 0.3) is 0 Å². The third kappa shape index (κ3) is 3.66. The predicted molar refractivity (Wildman–Crippen MR) is 65.9 cm³/mol. The second kappa shape index (κ2) is 5.66. The van der Waals surface area contributed by atoms with Gasteiger partial charge in [-0.25, -0.2) is 0 Å². The van der Waals surface area contributed by atoms with Gasteiger partial charge in [-0.1, -0.05) is 24.3 Å². The minimum atomic E-state index is -0.0770. The second-order valence-corrected chi connectivity index (χ2v) is 4.36. The summed E-state index contributed by atoms with van der Waals surface area (Å²) in [6.07, 6.45) is 0.405. The lowest BCUT2D eigenvalue weighted by Gasteiger charge is -2.19. The van der Waals surface area contributed by atoms with Gasteiger partial charge in [0.25, 0.3) is 0 Å². The zero-order chi connectivity index (χ0) is 12.1. The zero-order valence-electron chi connectivity index (χ0n) is 10.2. The van der Waals surface area contributed by atoms with Crippen molar-refractivity contribution in [2.45, 2.75) is 32.9 Å². The van der Waals surface area contributed by atoms with Gasteiger partial charge < -0.3 is 10.6 Å². The molecule has 3 nitrogen and oxygen atoms in total. The van der Waals surface area contributed by atoms with E-state index in [1.165, 1.54) is 11.1 Å². The summed E-state index contributed by atoms with van der Waals surface area (Å²) < 4.78 is 0. The van der Waals surface area contributed by atoms with Crippen molar-refractivity contribution in [1.82, 2.24) is 4.90 Å². The average molecular weight is 220 g/mol. The Hall–Kier alpha value is -1.35. The molecule has 2 N–H and O–H groups in total. The van der Waals surface area contributed by atoms with Crippen molar-refractivity contribution in [2.75, 3.05) is 7.05 Å². The summed E-state index contributed by atoms with van der Waals surface area (Å²) in [5.74, 6) is 0.0956. The molecule has 0 aliphatic heterocycles. The minimum absolute atomic E-state index is 0.0770. The summed E-state index contributed by atoms with van der Waals surface area (Å²) in [4.78, 5) is 13.4. The number of nitrogens with two attached hydrogens (primary N) is 1. The Morgan fingerprint density at radius 3 is 2.62 bits per heavy atom. The van der Waals surface area contributed by atoms with Crippen LogP contribution in [0.2, 0.25) is 0 Å². The van der Waals surface area contributed by atoms with Gasteiger partial charge in [0.05, 0.1) is 0 Å². The van der Waals surface area contributed by atoms with Crippen molar-refractivity contribution >= 4 is 5.91 Å². The Morgan fingerprint density at radius 2 is 2.06 bits per heavy atom. The number of hydrogen-bond donors (Lipinski definition) is 1. The Morgan fingerprint density at radius 1 is 1.44 bits per heavy atom. The van der Waals surface area contributed by atoms with Gasteiger partial charge >= 0.3 is 0 Å². The molecule has 0 saturated heterocycles. The first-order chi connectivity index (χ1) is 7.50. The Balaban J connectivity index is 2.61. The summed E-state index contributed by atoms with van der Waals surface area (Å²) >= 11 is 0. The molecule has 1 atom stereocenters. The number of carbonyl (C=O) groups excluding carboxylic acids is 1. The lowest BCUT2D eigenvalue weighted by Crippen LogP contribution is -2.31. The first-order valence-corrected chi connectivity index (χ1v) is 5.54. The normalized spacial score (nSPS) is 12.2. The van der Waals surface area contributed by atoms with Gasteiger partial charge in [0, 0.05) is 26.1 Å². The SMILES string of the molecule is Cc1ccccc1CN(C)C(=O)CC(C)N. The summed E-state index contributed by atoms with van der Waals surface area (Å²) in [5.41, 5.74) is 8.00. The van der Waals surface area contributed by atoms with E-state index in [1.807, 2.05) is 32.2 Å². The van der Waals surface area contributed by atoms with E-state index in [2.05, 4.69) is 13.0 Å². The van der Waals surface area contributed by atoms with Crippen LogP contribution in [0.15, 0.2) is 24.3 Å². The van der Waals surface area contributed by atoms with Gasteiger partial charge in [-0.3, -0.25) is 4.79 Å². The quantitative estimate of drug-likeness (QED) is 0.839. The molecule has 0 fully saturated rings. The Kier molecular flexibility index (Phi) is 4.50. The highest BCUT2D eigenvalue weighted by Gasteiger charge is 2.11. The number of carbonyl (C=O) groups is 1. The molecule has 0 aliphatic rings. The van der Waals surface area contributed by atoms with Crippen molar-refractivity contribution in [3.05, 3.63) is 35.4 Å². The predicted octanol–water partition coefficient (Wildman–Crippen LogP) is 1.69. The monoisotopic (exact) mass is 220 g/mol. The molecule has 0 spiro atoms. The molecule has 0 aromatic heterocycles. The van der Waals surface area contributed by atoms with Crippen molar-refractivity contribution < 1.29 is 4.79 Å². The van der Waals surface area contributed by atoms with Crippen LogP contribution in [0, 0.1) is 6.92 Å². The maximum absolute atomic E-state index is 11.7. The molecule has 0 radical (unpaired) electrons. The van der Waals surface area contributed by atoms with E-state index in [0.29, 0.717) is 13.0 Å². The Labute approximate surface area is 97.2 Å². The molecular formula is C13H20N2O. The molecule has 0 saturated carbocycles. The maximum atomic E-state index is 11.7. The molecule has 1 amide bonds. The van der Waals surface area contributed by atoms with E-state index < -0.39 is 0 Å². The van der Waals surface area contributed by atoms with Crippen molar-refractivity contribution in [1.29, 1.82) is 0 Å². The van der Waals surface area contributed by atoms with Crippen molar-refractivity contribution in [3.8, 4) is 0 Å². The number of benzene rings is 1. The summed E-state index contributed by atoms with van der Waals surface area (Å²) in [6.45, 7) is 4.55. The molecule has 1 aromatic carbocycles. The molecular weight excluding hydrogens is 200 g/mol. The smallest absolute Gasteiger partial charge is 0.224 e. The van der Waals surface area contributed by atoms with Crippen LogP contribution >= 0.6 is 0 Å². The average Bonchev–Trinajstić information content (AvgIpc) is 2.20. The highest BCUT2D eigenvalue weighted by Crippen LogP contribution is 2.10. The van der Waals surface area contributed by atoms with Crippen LogP contribution in [0.5, 0.6) is 0 Å². The largest absolute Gasteiger partial charge is 0.341 e. The molecule has 1 aromatic rings. The van der Waals surface area contributed by atoms with Crippen LogP contribution in [-0.4, -0.2) is 23.9 Å². The third-order valence-corrected chi connectivity index (χ3v) is 2.59.